The number of rotatable bonds is 5. The van der Waals surface area contributed by atoms with Gasteiger partial charge in [-0.25, -0.2) is 4.39 Å². The fourth-order valence-electron chi connectivity index (χ4n) is 3.13. The molecule has 0 fully saturated rings. The van der Waals surface area contributed by atoms with Crippen molar-refractivity contribution < 1.29 is 18.8 Å². The van der Waals surface area contributed by atoms with Crippen molar-refractivity contribution in [3.8, 4) is 5.75 Å². The monoisotopic (exact) mass is 371 g/mol. The van der Waals surface area contributed by atoms with Crippen molar-refractivity contribution in [2.75, 3.05) is 14.2 Å². The highest BCUT2D eigenvalue weighted by Crippen LogP contribution is 2.25. The second-order valence-corrected chi connectivity index (χ2v) is 6.59. The summed E-state index contributed by atoms with van der Waals surface area (Å²) in [4.78, 5) is 24.0. The Morgan fingerprint density at radius 1 is 1.41 bits per heavy atom. The molecule has 142 valence electrons. The molecule has 1 aliphatic heterocycles. The smallest absolute Gasteiger partial charge is 0.267 e. The van der Waals surface area contributed by atoms with Crippen LogP contribution < -0.4 is 4.74 Å². The van der Waals surface area contributed by atoms with Crippen LogP contribution in [0.4, 0.5) is 4.39 Å². The Morgan fingerprint density at radius 3 is 2.89 bits per heavy atom. The molecule has 1 aliphatic rings. The summed E-state index contributed by atoms with van der Waals surface area (Å²) in [6, 6.07) is 6.09. The molecule has 1 aromatic heterocycles. The summed E-state index contributed by atoms with van der Waals surface area (Å²) in [6.07, 6.45) is 1.31. The molecule has 3 rings (SSSR count). The normalized spacial score (nSPS) is 15.9. The Balaban J connectivity index is 1.67. The van der Waals surface area contributed by atoms with Crippen molar-refractivity contribution in [3.05, 3.63) is 58.7 Å². The van der Waals surface area contributed by atoms with Gasteiger partial charge in [-0.2, -0.15) is 0 Å². The summed E-state index contributed by atoms with van der Waals surface area (Å²) in [5.41, 5.74) is 3.79. The first-order valence-electron chi connectivity index (χ1n) is 8.63. The molecule has 7 heteroatoms. The predicted molar refractivity (Wildman–Crippen MR) is 99.2 cm³/mol. The Kier molecular flexibility index (Phi) is 5.39. The number of pyridine rings is 1. The molecule has 0 radical (unpaired) electrons. The number of halogens is 1. The van der Waals surface area contributed by atoms with Gasteiger partial charge in [0.15, 0.2) is 0 Å². The number of likely N-dealkylation sites (N-methyl/N-ethyl adjacent to an activating group) is 1. The van der Waals surface area contributed by atoms with E-state index in [-0.39, 0.29) is 11.7 Å². The quantitative estimate of drug-likeness (QED) is 0.811. The van der Waals surface area contributed by atoms with Crippen LogP contribution in [0.15, 0.2) is 35.6 Å². The zero-order valence-electron chi connectivity index (χ0n) is 15.8. The van der Waals surface area contributed by atoms with Crippen LogP contribution in [0.2, 0.25) is 0 Å². The van der Waals surface area contributed by atoms with Gasteiger partial charge in [-0.05, 0) is 26.0 Å². The number of ether oxygens (including phenoxy) is 1. The van der Waals surface area contributed by atoms with Crippen LogP contribution in [0.3, 0.4) is 0 Å². The lowest BCUT2D eigenvalue weighted by molar-refractivity contribution is -0.141. The van der Waals surface area contributed by atoms with Gasteiger partial charge >= 0.3 is 0 Å². The third-order valence-corrected chi connectivity index (χ3v) is 4.62. The minimum Gasteiger partial charge on any atom is -0.496 e. The van der Waals surface area contributed by atoms with E-state index in [1.165, 1.54) is 12.1 Å². The highest BCUT2D eigenvalue weighted by Gasteiger charge is 2.31. The zero-order valence-corrected chi connectivity index (χ0v) is 15.8. The van der Waals surface area contributed by atoms with Gasteiger partial charge in [0, 0.05) is 36.4 Å². The van der Waals surface area contributed by atoms with Crippen LogP contribution in [0.25, 0.3) is 0 Å². The first kappa shape index (κ1) is 18.8. The number of aromatic nitrogens is 1. The molecule has 1 unspecified atom stereocenters. The fourth-order valence-corrected chi connectivity index (χ4v) is 3.13. The largest absolute Gasteiger partial charge is 0.496 e. The summed E-state index contributed by atoms with van der Waals surface area (Å²) >= 11 is 0. The molecule has 1 aromatic carbocycles. The SMILES string of the molecule is COc1c(C)cnc(CN(C)C(=O)C2CC(c3cccc(F)c3)=NO2)c1C. The lowest BCUT2D eigenvalue weighted by atomic mass is 10.0. The van der Waals surface area contributed by atoms with Crippen LogP contribution in [-0.4, -0.2) is 41.8 Å². The summed E-state index contributed by atoms with van der Waals surface area (Å²) < 4.78 is 18.8. The molecular weight excluding hydrogens is 349 g/mol. The number of oxime groups is 1. The number of benzene rings is 1. The Labute approximate surface area is 157 Å². The van der Waals surface area contributed by atoms with Gasteiger partial charge in [-0.3, -0.25) is 9.78 Å². The summed E-state index contributed by atoms with van der Waals surface area (Å²) in [7, 11) is 3.31. The lowest BCUT2D eigenvalue weighted by Crippen LogP contribution is -2.36. The van der Waals surface area contributed by atoms with Gasteiger partial charge < -0.3 is 14.5 Å². The molecule has 2 heterocycles. The number of amides is 1. The first-order chi connectivity index (χ1) is 12.9. The van der Waals surface area contributed by atoms with Crippen LogP contribution in [0.1, 0.15) is 28.8 Å². The maximum atomic E-state index is 13.4. The molecule has 0 spiro atoms. The zero-order chi connectivity index (χ0) is 19.6. The van der Waals surface area contributed by atoms with E-state index in [1.54, 1.807) is 37.4 Å². The van der Waals surface area contributed by atoms with Crippen molar-refractivity contribution in [1.29, 1.82) is 0 Å². The van der Waals surface area contributed by atoms with Crippen molar-refractivity contribution in [3.63, 3.8) is 0 Å². The Morgan fingerprint density at radius 2 is 2.19 bits per heavy atom. The summed E-state index contributed by atoms with van der Waals surface area (Å²) in [5, 5.41) is 3.96. The average Bonchev–Trinajstić information content (AvgIpc) is 3.14. The molecule has 6 nitrogen and oxygen atoms in total. The fraction of sp³-hybridized carbons (Fsp3) is 0.350. The van der Waals surface area contributed by atoms with E-state index in [2.05, 4.69) is 10.1 Å². The van der Waals surface area contributed by atoms with Crippen molar-refractivity contribution in [2.24, 2.45) is 5.16 Å². The van der Waals surface area contributed by atoms with Crippen LogP contribution in [0, 0.1) is 19.7 Å². The Bertz CT molecular complexity index is 898. The van der Waals surface area contributed by atoms with Crippen molar-refractivity contribution in [2.45, 2.75) is 32.9 Å². The molecule has 1 atom stereocenters. The second kappa shape index (κ2) is 7.73. The van der Waals surface area contributed by atoms with Crippen molar-refractivity contribution >= 4 is 11.6 Å². The Hall–Kier alpha value is -2.96. The van der Waals surface area contributed by atoms with Gasteiger partial charge in [-0.1, -0.05) is 17.3 Å². The number of methoxy groups -OCH3 is 1. The van der Waals surface area contributed by atoms with E-state index in [9.17, 15) is 9.18 Å². The number of carbonyl (C=O) groups excluding carboxylic acids is 1. The third kappa shape index (κ3) is 3.92. The van der Waals surface area contributed by atoms with E-state index in [0.717, 1.165) is 22.6 Å². The van der Waals surface area contributed by atoms with Crippen LogP contribution >= 0.6 is 0 Å². The van der Waals surface area contributed by atoms with Gasteiger partial charge in [0.05, 0.1) is 25.1 Å². The maximum absolute atomic E-state index is 13.4. The van der Waals surface area contributed by atoms with Crippen LogP contribution in [-0.2, 0) is 16.2 Å². The lowest BCUT2D eigenvalue weighted by Gasteiger charge is -2.21. The van der Waals surface area contributed by atoms with E-state index >= 15 is 0 Å². The van der Waals surface area contributed by atoms with Crippen molar-refractivity contribution in [1.82, 2.24) is 9.88 Å². The molecule has 0 aliphatic carbocycles. The standard InChI is InChI=1S/C20H22FN3O3/c1-12-10-22-17(13(2)19(12)26-4)11-24(3)20(25)18-9-16(23-27-18)14-6-5-7-15(21)8-14/h5-8,10,18H,9,11H2,1-4H3. The van der Waals surface area contributed by atoms with Gasteiger partial charge in [0.1, 0.15) is 11.6 Å². The minimum absolute atomic E-state index is 0.203. The van der Waals surface area contributed by atoms with Gasteiger partial charge in [-0.15, -0.1) is 0 Å². The number of hydrogen-bond acceptors (Lipinski definition) is 5. The minimum atomic E-state index is -0.721. The average molecular weight is 371 g/mol. The molecule has 0 N–H and O–H groups in total. The molecule has 0 saturated heterocycles. The molecule has 0 bridgehead atoms. The van der Waals surface area contributed by atoms with Gasteiger partial charge in [0.25, 0.3) is 5.91 Å². The molecule has 0 saturated carbocycles. The van der Waals surface area contributed by atoms with E-state index < -0.39 is 6.10 Å². The molecule has 2 aromatic rings. The van der Waals surface area contributed by atoms with E-state index in [0.29, 0.717) is 24.2 Å². The van der Waals surface area contributed by atoms with Gasteiger partial charge in [0.2, 0.25) is 6.10 Å². The first-order valence-corrected chi connectivity index (χ1v) is 8.63. The number of aryl methyl sites for hydroxylation is 1. The number of hydrogen-bond donors (Lipinski definition) is 0. The number of nitrogens with zero attached hydrogens (tertiary/aromatic N) is 3. The summed E-state index contributed by atoms with van der Waals surface area (Å²) in [5.74, 6) is 0.220. The topological polar surface area (TPSA) is 64.0 Å². The number of carbonyl (C=O) groups is 1. The predicted octanol–water partition coefficient (Wildman–Crippen LogP) is 3.00. The maximum Gasteiger partial charge on any atom is 0.267 e. The van der Waals surface area contributed by atoms with E-state index in [4.69, 9.17) is 9.57 Å². The molecule has 1 amide bonds. The third-order valence-electron chi connectivity index (χ3n) is 4.62. The highest BCUT2D eigenvalue weighted by atomic mass is 19.1. The highest BCUT2D eigenvalue weighted by molar-refractivity contribution is 6.04. The second-order valence-electron chi connectivity index (χ2n) is 6.59. The van der Waals surface area contributed by atoms with Crippen LogP contribution in [0.5, 0.6) is 5.75 Å². The molecule has 27 heavy (non-hydrogen) atoms. The molecular formula is C20H22FN3O3. The van der Waals surface area contributed by atoms with E-state index in [1.807, 2.05) is 13.8 Å². The summed E-state index contributed by atoms with van der Waals surface area (Å²) in [6.45, 7) is 4.18.